The van der Waals surface area contributed by atoms with Gasteiger partial charge in [0.2, 0.25) is 0 Å². The van der Waals surface area contributed by atoms with Crippen LogP contribution in [0.3, 0.4) is 0 Å². The summed E-state index contributed by atoms with van der Waals surface area (Å²) in [4.78, 5) is 15.8. The highest BCUT2D eigenvalue weighted by Gasteiger charge is 2.21. The van der Waals surface area contributed by atoms with Gasteiger partial charge in [-0.2, -0.15) is 11.3 Å². The maximum atomic E-state index is 11.4. The predicted octanol–water partition coefficient (Wildman–Crippen LogP) is 4.15. The highest BCUT2D eigenvalue weighted by Crippen LogP contribution is 2.37. The molecular weight excluding hydrogens is 425 g/mol. The molecule has 5 nitrogen and oxygen atoms in total. The molecule has 0 N–H and O–H groups in total. The Bertz CT molecular complexity index is 711. The van der Waals surface area contributed by atoms with Crippen LogP contribution in [0.1, 0.15) is 5.56 Å². The smallest absolute Gasteiger partial charge is 0.277 e. The van der Waals surface area contributed by atoms with E-state index in [2.05, 4.69) is 32.4 Å². The average molecular weight is 443 g/mol. The van der Waals surface area contributed by atoms with Crippen LogP contribution in [0.4, 0.5) is 11.4 Å². The summed E-state index contributed by atoms with van der Waals surface area (Å²) in [6, 6.07) is 5.50. The summed E-state index contributed by atoms with van der Waals surface area (Å²) in [7, 11) is 0. The van der Waals surface area contributed by atoms with E-state index in [9.17, 15) is 10.1 Å². The standard InChI is InChI=1S/C16H18IN3O2S/c1-12-9-23-10-15(12)14-8-13(2-3-16(14)20(21)22)19-6-4-18(11-17)5-7-19/h2-3,8-10H,4-7,11H2,1H3. The van der Waals surface area contributed by atoms with Gasteiger partial charge in [0.25, 0.3) is 5.69 Å². The maximum absolute atomic E-state index is 11.4. The third-order valence-corrected chi connectivity index (χ3v) is 6.06. The lowest BCUT2D eigenvalue weighted by atomic mass is 10.0. The lowest BCUT2D eigenvalue weighted by molar-refractivity contribution is -0.384. The van der Waals surface area contributed by atoms with Crippen LogP contribution < -0.4 is 4.90 Å². The van der Waals surface area contributed by atoms with Gasteiger partial charge in [0, 0.05) is 43.5 Å². The molecule has 2 heterocycles. The van der Waals surface area contributed by atoms with Crippen LogP contribution in [0.5, 0.6) is 0 Å². The molecule has 0 atom stereocenters. The Kier molecular flexibility index (Phi) is 5.17. The molecule has 2 aromatic rings. The van der Waals surface area contributed by atoms with Gasteiger partial charge >= 0.3 is 0 Å². The van der Waals surface area contributed by atoms with Crippen LogP contribution in [0.25, 0.3) is 11.1 Å². The van der Waals surface area contributed by atoms with Crippen LogP contribution in [0.2, 0.25) is 0 Å². The molecular formula is C16H18IN3O2S. The summed E-state index contributed by atoms with van der Waals surface area (Å²) >= 11 is 3.97. The van der Waals surface area contributed by atoms with Crippen molar-refractivity contribution in [2.75, 3.05) is 35.6 Å². The first-order valence-corrected chi connectivity index (χ1v) is 9.92. The molecule has 0 unspecified atom stereocenters. The van der Waals surface area contributed by atoms with Crippen LogP contribution in [0, 0.1) is 17.0 Å². The van der Waals surface area contributed by atoms with Crippen LogP contribution >= 0.6 is 33.9 Å². The third kappa shape index (κ3) is 3.51. The molecule has 1 aliphatic rings. The minimum atomic E-state index is -0.287. The SMILES string of the molecule is Cc1cscc1-c1cc(N2CCN(CI)CC2)ccc1[N+](=O)[O-]. The molecule has 0 aliphatic carbocycles. The van der Waals surface area contributed by atoms with E-state index in [1.54, 1.807) is 17.4 Å². The highest BCUT2D eigenvalue weighted by atomic mass is 127. The van der Waals surface area contributed by atoms with Gasteiger partial charge in [0.15, 0.2) is 0 Å². The summed E-state index contributed by atoms with van der Waals surface area (Å²) in [5.74, 6) is 0. The van der Waals surface area contributed by atoms with E-state index in [4.69, 9.17) is 0 Å². The van der Waals surface area contributed by atoms with E-state index in [0.717, 1.165) is 53.1 Å². The number of anilines is 1. The molecule has 0 saturated carbocycles. The number of thiophene rings is 1. The van der Waals surface area contributed by atoms with Crippen LogP contribution in [0.15, 0.2) is 29.0 Å². The summed E-state index contributed by atoms with van der Waals surface area (Å²) in [6.45, 7) is 5.99. The molecule has 1 aliphatic heterocycles. The zero-order chi connectivity index (χ0) is 16.4. The van der Waals surface area contributed by atoms with Crippen molar-refractivity contribution >= 4 is 45.3 Å². The van der Waals surface area contributed by atoms with Gasteiger partial charge in [-0.05, 0) is 35.4 Å². The Balaban J connectivity index is 1.95. The quantitative estimate of drug-likeness (QED) is 0.234. The Hall–Kier alpha value is -1.19. The molecule has 1 aromatic carbocycles. The topological polar surface area (TPSA) is 49.6 Å². The van der Waals surface area contributed by atoms with Gasteiger partial charge in [-0.25, -0.2) is 0 Å². The number of aryl methyl sites for hydroxylation is 1. The van der Waals surface area contributed by atoms with E-state index < -0.39 is 0 Å². The van der Waals surface area contributed by atoms with Crippen molar-refractivity contribution < 1.29 is 4.92 Å². The molecule has 23 heavy (non-hydrogen) atoms. The number of piperazine rings is 1. The number of hydrogen-bond acceptors (Lipinski definition) is 5. The van der Waals surface area contributed by atoms with Crippen molar-refractivity contribution in [3.05, 3.63) is 44.6 Å². The molecule has 3 rings (SSSR count). The first kappa shape index (κ1) is 16.7. The van der Waals surface area contributed by atoms with Gasteiger partial charge in [-0.15, -0.1) is 0 Å². The second kappa shape index (κ2) is 7.14. The van der Waals surface area contributed by atoms with Gasteiger partial charge in [-0.1, -0.05) is 22.6 Å². The van der Waals surface area contributed by atoms with Crippen molar-refractivity contribution in [1.82, 2.24) is 4.90 Å². The fraction of sp³-hybridized carbons (Fsp3) is 0.375. The number of nitrogens with zero attached hydrogens (tertiary/aromatic N) is 3. The summed E-state index contributed by atoms with van der Waals surface area (Å²) in [6.07, 6.45) is 0. The zero-order valence-electron chi connectivity index (χ0n) is 12.9. The normalized spacial score (nSPS) is 15.8. The number of nitro groups is 1. The van der Waals surface area contributed by atoms with Crippen LogP contribution in [-0.2, 0) is 0 Å². The van der Waals surface area contributed by atoms with E-state index in [0.29, 0.717) is 0 Å². The second-order valence-corrected chi connectivity index (χ2v) is 7.08. The third-order valence-electron chi connectivity index (χ3n) is 4.23. The molecule has 7 heteroatoms. The van der Waals surface area contributed by atoms with E-state index in [1.807, 2.05) is 29.8 Å². The molecule has 1 aromatic heterocycles. The van der Waals surface area contributed by atoms with Gasteiger partial charge in [0.05, 0.1) is 15.0 Å². The van der Waals surface area contributed by atoms with E-state index in [1.165, 1.54) is 0 Å². The zero-order valence-corrected chi connectivity index (χ0v) is 15.8. The minimum Gasteiger partial charge on any atom is -0.369 e. The van der Waals surface area contributed by atoms with Crippen molar-refractivity contribution in [2.45, 2.75) is 6.92 Å². The fourth-order valence-electron chi connectivity index (χ4n) is 2.86. The van der Waals surface area contributed by atoms with Gasteiger partial charge in [-0.3, -0.25) is 15.0 Å². The lowest BCUT2D eigenvalue weighted by Gasteiger charge is -2.35. The molecule has 0 amide bonds. The van der Waals surface area contributed by atoms with Crippen molar-refractivity contribution in [1.29, 1.82) is 0 Å². The molecule has 122 valence electrons. The molecule has 0 radical (unpaired) electrons. The summed E-state index contributed by atoms with van der Waals surface area (Å²) in [5.41, 5.74) is 4.03. The Morgan fingerprint density at radius 3 is 2.52 bits per heavy atom. The summed E-state index contributed by atoms with van der Waals surface area (Å²) < 4.78 is 1.05. The molecule has 0 spiro atoms. The fourth-order valence-corrected chi connectivity index (χ4v) is 4.39. The first-order valence-electron chi connectivity index (χ1n) is 7.45. The second-order valence-electron chi connectivity index (χ2n) is 5.65. The number of alkyl halides is 1. The monoisotopic (exact) mass is 443 g/mol. The molecule has 0 bridgehead atoms. The maximum Gasteiger partial charge on any atom is 0.277 e. The predicted molar refractivity (Wildman–Crippen MR) is 104 cm³/mol. The number of benzene rings is 1. The summed E-state index contributed by atoms with van der Waals surface area (Å²) in [5, 5.41) is 15.4. The first-order chi connectivity index (χ1) is 11.1. The Morgan fingerprint density at radius 1 is 1.22 bits per heavy atom. The largest absolute Gasteiger partial charge is 0.369 e. The molecule has 1 saturated heterocycles. The van der Waals surface area contributed by atoms with E-state index >= 15 is 0 Å². The van der Waals surface area contributed by atoms with Gasteiger partial charge < -0.3 is 4.90 Å². The van der Waals surface area contributed by atoms with Crippen molar-refractivity contribution in [3.8, 4) is 11.1 Å². The van der Waals surface area contributed by atoms with Crippen molar-refractivity contribution in [2.24, 2.45) is 0 Å². The minimum absolute atomic E-state index is 0.182. The van der Waals surface area contributed by atoms with E-state index in [-0.39, 0.29) is 10.6 Å². The Labute approximate surface area is 153 Å². The molecule has 1 fully saturated rings. The number of nitro benzene ring substituents is 1. The highest BCUT2D eigenvalue weighted by molar-refractivity contribution is 14.1. The number of hydrogen-bond donors (Lipinski definition) is 0. The average Bonchev–Trinajstić information content (AvgIpc) is 3.00. The van der Waals surface area contributed by atoms with Gasteiger partial charge in [0.1, 0.15) is 0 Å². The lowest BCUT2D eigenvalue weighted by Crippen LogP contribution is -2.45. The number of rotatable bonds is 4. The Morgan fingerprint density at radius 2 is 1.96 bits per heavy atom. The van der Waals surface area contributed by atoms with Crippen LogP contribution in [-0.4, -0.2) is 40.6 Å². The van der Waals surface area contributed by atoms with Crippen molar-refractivity contribution in [3.63, 3.8) is 0 Å². The number of halogens is 1.